The van der Waals surface area contributed by atoms with Crippen LogP contribution in [0, 0.1) is 0 Å². The Kier molecular flexibility index (Phi) is 2.62. The molecule has 1 heterocycles. The van der Waals surface area contributed by atoms with Gasteiger partial charge in [0.25, 0.3) is 0 Å². The van der Waals surface area contributed by atoms with Gasteiger partial charge in [0.15, 0.2) is 0 Å². The van der Waals surface area contributed by atoms with Gasteiger partial charge in [-0.1, -0.05) is 0 Å². The molecule has 1 aliphatic rings. The SMILES string of the molecule is OCC[C@H]1[NH2+]C[C@@H](O)[C@H]1O. The molecule has 1 rings (SSSR count). The van der Waals surface area contributed by atoms with Crippen LogP contribution in [0.4, 0.5) is 0 Å². The summed E-state index contributed by atoms with van der Waals surface area (Å²) in [5.74, 6) is 0. The molecule has 0 saturated carbocycles. The van der Waals surface area contributed by atoms with E-state index in [0.717, 1.165) is 0 Å². The molecule has 0 amide bonds. The summed E-state index contributed by atoms with van der Waals surface area (Å²) in [4.78, 5) is 0. The van der Waals surface area contributed by atoms with Crippen molar-refractivity contribution >= 4 is 0 Å². The number of hydrogen-bond acceptors (Lipinski definition) is 3. The van der Waals surface area contributed by atoms with Crippen molar-refractivity contribution in [2.24, 2.45) is 0 Å². The predicted octanol–water partition coefficient (Wildman–Crippen LogP) is -2.96. The van der Waals surface area contributed by atoms with Crippen LogP contribution >= 0.6 is 0 Å². The molecule has 0 aromatic carbocycles. The Hall–Kier alpha value is -0.160. The third-order valence-corrected chi connectivity index (χ3v) is 1.98. The van der Waals surface area contributed by atoms with Crippen LogP contribution in [0.1, 0.15) is 6.42 Å². The summed E-state index contributed by atoms with van der Waals surface area (Å²) in [5, 5.41) is 28.6. The molecule has 0 unspecified atom stereocenters. The molecule has 1 fully saturated rings. The summed E-state index contributed by atoms with van der Waals surface area (Å²) in [7, 11) is 0. The van der Waals surface area contributed by atoms with Crippen molar-refractivity contribution in [2.45, 2.75) is 24.7 Å². The second kappa shape index (κ2) is 3.30. The van der Waals surface area contributed by atoms with Crippen LogP contribution in [0.15, 0.2) is 0 Å². The van der Waals surface area contributed by atoms with E-state index in [-0.39, 0.29) is 12.6 Å². The fraction of sp³-hybridized carbons (Fsp3) is 1.00. The van der Waals surface area contributed by atoms with Gasteiger partial charge in [0, 0.05) is 13.0 Å². The van der Waals surface area contributed by atoms with Gasteiger partial charge in [-0.15, -0.1) is 0 Å². The molecule has 0 radical (unpaired) electrons. The average molecular weight is 148 g/mol. The minimum atomic E-state index is -0.660. The van der Waals surface area contributed by atoms with Crippen LogP contribution in [0.2, 0.25) is 0 Å². The fourth-order valence-electron chi connectivity index (χ4n) is 1.32. The summed E-state index contributed by atoms with van der Waals surface area (Å²) < 4.78 is 0. The van der Waals surface area contributed by atoms with E-state index in [4.69, 9.17) is 10.2 Å². The highest BCUT2D eigenvalue weighted by molar-refractivity contribution is 4.78. The topological polar surface area (TPSA) is 77.3 Å². The smallest absolute Gasteiger partial charge is 0.137 e. The molecule has 4 heteroatoms. The highest BCUT2D eigenvalue weighted by Gasteiger charge is 2.36. The molecule has 1 saturated heterocycles. The second-order valence-corrected chi connectivity index (χ2v) is 2.71. The lowest BCUT2D eigenvalue weighted by Gasteiger charge is -2.09. The van der Waals surface area contributed by atoms with E-state index in [2.05, 4.69) is 0 Å². The van der Waals surface area contributed by atoms with Crippen molar-refractivity contribution in [3.63, 3.8) is 0 Å². The average Bonchev–Trinajstić information content (AvgIpc) is 2.20. The minimum Gasteiger partial charge on any atom is -0.396 e. The zero-order valence-corrected chi connectivity index (χ0v) is 5.77. The lowest BCUT2D eigenvalue weighted by atomic mass is 10.1. The molecule has 0 aromatic heterocycles. The first-order valence-corrected chi connectivity index (χ1v) is 3.56. The van der Waals surface area contributed by atoms with Crippen molar-refractivity contribution in [3.05, 3.63) is 0 Å². The maximum atomic E-state index is 9.20. The van der Waals surface area contributed by atoms with Gasteiger partial charge in [0.2, 0.25) is 0 Å². The van der Waals surface area contributed by atoms with Crippen molar-refractivity contribution in [1.29, 1.82) is 0 Å². The quantitative estimate of drug-likeness (QED) is 0.338. The van der Waals surface area contributed by atoms with Crippen LogP contribution in [-0.4, -0.2) is 46.7 Å². The van der Waals surface area contributed by atoms with Gasteiger partial charge in [-0.25, -0.2) is 0 Å². The second-order valence-electron chi connectivity index (χ2n) is 2.71. The summed E-state index contributed by atoms with van der Waals surface area (Å²) in [6.45, 7) is 0.622. The van der Waals surface area contributed by atoms with Crippen LogP contribution in [0.3, 0.4) is 0 Å². The Morgan fingerprint density at radius 2 is 2.10 bits per heavy atom. The maximum absolute atomic E-state index is 9.20. The highest BCUT2D eigenvalue weighted by Crippen LogP contribution is 2.03. The molecule has 4 nitrogen and oxygen atoms in total. The molecule has 0 aromatic rings. The zero-order chi connectivity index (χ0) is 7.56. The van der Waals surface area contributed by atoms with Crippen molar-refractivity contribution in [2.75, 3.05) is 13.2 Å². The molecule has 10 heavy (non-hydrogen) atoms. The number of aliphatic hydroxyl groups is 3. The van der Waals surface area contributed by atoms with E-state index in [1.807, 2.05) is 5.32 Å². The largest absolute Gasteiger partial charge is 0.396 e. The molecular weight excluding hydrogens is 134 g/mol. The third-order valence-electron chi connectivity index (χ3n) is 1.98. The van der Waals surface area contributed by atoms with Crippen LogP contribution in [0.5, 0.6) is 0 Å². The van der Waals surface area contributed by atoms with Gasteiger partial charge in [-0.3, -0.25) is 0 Å². The zero-order valence-electron chi connectivity index (χ0n) is 5.77. The normalized spacial score (nSPS) is 40.5. The van der Waals surface area contributed by atoms with Crippen molar-refractivity contribution in [3.8, 4) is 0 Å². The molecule has 3 atom stereocenters. The summed E-state index contributed by atoms with van der Waals surface area (Å²) in [6, 6.07) is -0.0139. The lowest BCUT2D eigenvalue weighted by Crippen LogP contribution is -2.88. The Labute approximate surface area is 59.5 Å². The summed E-state index contributed by atoms with van der Waals surface area (Å²) in [5.41, 5.74) is 0. The van der Waals surface area contributed by atoms with Gasteiger partial charge >= 0.3 is 0 Å². The molecule has 0 bridgehead atoms. The first kappa shape index (κ1) is 7.94. The van der Waals surface area contributed by atoms with E-state index in [1.165, 1.54) is 0 Å². The molecule has 1 aliphatic heterocycles. The van der Waals surface area contributed by atoms with E-state index in [9.17, 15) is 5.11 Å². The molecule has 5 N–H and O–H groups in total. The first-order chi connectivity index (χ1) is 4.75. The predicted molar refractivity (Wildman–Crippen MR) is 34.3 cm³/mol. The van der Waals surface area contributed by atoms with E-state index < -0.39 is 12.2 Å². The standard InChI is InChI=1S/C6H13NO3/c8-2-1-4-6(10)5(9)3-7-4/h4-10H,1-3H2/p+1/t4-,5-,6+/m1/s1. The summed E-state index contributed by atoms with van der Waals surface area (Å²) >= 11 is 0. The molecule has 0 aliphatic carbocycles. The van der Waals surface area contributed by atoms with Crippen LogP contribution in [0.25, 0.3) is 0 Å². The van der Waals surface area contributed by atoms with Crippen molar-refractivity contribution < 1.29 is 20.6 Å². The number of rotatable bonds is 2. The number of aliphatic hydroxyl groups excluding tert-OH is 3. The van der Waals surface area contributed by atoms with Gasteiger partial charge < -0.3 is 20.6 Å². The Bertz CT molecular complexity index is 107. The maximum Gasteiger partial charge on any atom is 0.137 e. The number of quaternary nitrogens is 1. The molecular formula is C6H14NO3+. The molecule has 60 valence electrons. The number of nitrogens with two attached hydrogens (primary N) is 1. The summed E-state index contributed by atoms with van der Waals surface area (Å²) in [6.07, 6.45) is -0.721. The van der Waals surface area contributed by atoms with E-state index in [1.54, 1.807) is 0 Å². The van der Waals surface area contributed by atoms with Crippen LogP contribution < -0.4 is 5.32 Å². The van der Waals surface area contributed by atoms with Gasteiger partial charge in [-0.05, 0) is 0 Å². The Morgan fingerprint density at radius 3 is 2.50 bits per heavy atom. The minimum absolute atomic E-state index is 0.0139. The van der Waals surface area contributed by atoms with E-state index >= 15 is 0 Å². The molecule has 0 spiro atoms. The van der Waals surface area contributed by atoms with Crippen molar-refractivity contribution in [1.82, 2.24) is 0 Å². The third kappa shape index (κ3) is 1.46. The Balaban J connectivity index is 2.33. The monoisotopic (exact) mass is 148 g/mol. The van der Waals surface area contributed by atoms with Gasteiger partial charge in [0.05, 0.1) is 0 Å². The number of hydrogen-bond donors (Lipinski definition) is 4. The van der Waals surface area contributed by atoms with Gasteiger partial charge in [-0.2, -0.15) is 0 Å². The van der Waals surface area contributed by atoms with Crippen LogP contribution in [-0.2, 0) is 0 Å². The van der Waals surface area contributed by atoms with Gasteiger partial charge in [0.1, 0.15) is 24.8 Å². The highest BCUT2D eigenvalue weighted by atomic mass is 16.3. The first-order valence-electron chi connectivity index (χ1n) is 3.56. The Morgan fingerprint density at radius 1 is 1.40 bits per heavy atom. The van der Waals surface area contributed by atoms with E-state index in [0.29, 0.717) is 13.0 Å². The lowest BCUT2D eigenvalue weighted by molar-refractivity contribution is -0.675. The fourth-order valence-corrected chi connectivity index (χ4v) is 1.32.